The molecular formula is C15H12IN3O4. The van der Waals surface area contributed by atoms with Crippen molar-refractivity contribution >= 4 is 40.4 Å². The van der Waals surface area contributed by atoms with Crippen LogP contribution in [0, 0.1) is 13.7 Å². The fraction of sp³-hybridized carbons (Fsp3) is 0.0667. The van der Waals surface area contributed by atoms with E-state index in [2.05, 4.69) is 33.1 Å². The van der Waals surface area contributed by atoms with Crippen LogP contribution in [0.5, 0.6) is 5.75 Å². The Morgan fingerprint density at radius 1 is 1.35 bits per heavy atom. The second-order valence-corrected chi connectivity index (χ2v) is 5.64. The van der Waals surface area contributed by atoms with E-state index in [0.717, 1.165) is 3.57 Å². The zero-order valence-electron chi connectivity index (χ0n) is 12.0. The third-order valence-electron chi connectivity index (χ3n) is 2.87. The molecule has 0 unspecified atom stereocenters. The van der Waals surface area contributed by atoms with Crippen LogP contribution in [0.3, 0.4) is 0 Å². The number of hydrazone groups is 1. The van der Waals surface area contributed by atoms with Crippen molar-refractivity contribution in [2.24, 2.45) is 5.10 Å². The van der Waals surface area contributed by atoms with Crippen LogP contribution in [0.1, 0.15) is 15.9 Å². The van der Waals surface area contributed by atoms with Crippen molar-refractivity contribution < 1.29 is 14.5 Å². The number of carbonyl (C=O) groups is 1. The Morgan fingerprint density at radius 3 is 2.78 bits per heavy atom. The number of methoxy groups -OCH3 is 1. The highest BCUT2D eigenvalue weighted by molar-refractivity contribution is 14.1. The number of rotatable bonds is 5. The maximum Gasteiger partial charge on any atom is 0.311 e. The van der Waals surface area contributed by atoms with Gasteiger partial charge in [-0.1, -0.05) is 6.07 Å². The minimum absolute atomic E-state index is 0.162. The quantitative estimate of drug-likeness (QED) is 0.345. The number of hydrogen-bond donors (Lipinski definition) is 1. The average Bonchev–Trinajstić information content (AvgIpc) is 2.54. The molecule has 0 saturated heterocycles. The largest absolute Gasteiger partial charge is 0.490 e. The van der Waals surface area contributed by atoms with Crippen LogP contribution in [0.2, 0.25) is 0 Å². The lowest BCUT2D eigenvalue weighted by Gasteiger charge is -2.02. The summed E-state index contributed by atoms with van der Waals surface area (Å²) >= 11 is 2.11. The number of nitrogens with one attached hydrogen (secondary N) is 1. The predicted molar refractivity (Wildman–Crippen MR) is 93.9 cm³/mol. The van der Waals surface area contributed by atoms with Gasteiger partial charge in [-0.05, 0) is 52.9 Å². The molecule has 2 aromatic rings. The van der Waals surface area contributed by atoms with Crippen molar-refractivity contribution in [1.29, 1.82) is 0 Å². The van der Waals surface area contributed by atoms with Crippen molar-refractivity contribution in [3.05, 3.63) is 67.3 Å². The smallest absolute Gasteiger partial charge is 0.311 e. The molecule has 0 atom stereocenters. The van der Waals surface area contributed by atoms with Gasteiger partial charge in [0.2, 0.25) is 0 Å². The van der Waals surface area contributed by atoms with E-state index in [-0.39, 0.29) is 17.3 Å². The Bertz CT molecular complexity index is 777. The summed E-state index contributed by atoms with van der Waals surface area (Å²) in [4.78, 5) is 22.3. The Kier molecular flexibility index (Phi) is 5.63. The summed E-state index contributed by atoms with van der Waals surface area (Å²) in [7, 11) is 1.36. The van der Waals surface area contributed by atoms with Crippen molar-refractivity contribution in [3.8, 4) is 5.75 Å². The molecule has 0 bridgehead atoms. The Hall–Kier alpha value is -2.49. The SMILES string of the molecule is COc1ccc(/C=N/NC(=O)c2cccc(I)c2)cc1[N+](=O)[O-]. The third-order valence-corrected chi connectivity index (χ3v) is 3.54. The average molecular weight is 425 g/mol. The molecule has 23 heavy (non-hydrogen) atoms. The van der Waals surface area contributed by atoms with Gasteiger partial charge in [-0.2, -0.15) is 5.10 Å². The van der Waals surface area contributed by atoms with Crippen LogP contribution in [-0.4, -0.2) is 24.2 Å². The molecule has 0 heterocycles. The van der Waals surface area contributed by atoms with Gasteiger partial charge in [0, 0.05) is 20.8 Å². The Labute approximate surface area is 145 Å². The summed E-state index contributed by atoms with van der Waals surface area (Å²) in [6.45, 7) is 0. The number of amides is 1. The third kappa shape index (κ3) is 4.49. The van der Waals surface area contributed by atoms with E-state index in [1.165, 1.54) is 25.5 Å². The van der Waals surface area contributed by atoms with Crippen molar-refractivity contribution in [2.75, 3.05) is 7.11 Å². The fourth-order valence-electron chi connectivity index (χ4n) is 1.79. The first kappa shape index (κ1) is 16.9. The summed E-state index contributed by atoms with van der Waals surface area (Å²) in [5.41, 5.74) is 3.17. The number of benzene rings is 2. The van der Waals surface area contributed by atoms with E-state index in [0.29, 0.717) is 11.1 Å². The van der Waals surface area contributed by atoms with Gasteiger partial charge >= 0.3 is 5.69 Å². The molecule has 2 rings (SSSR count). The number of ether oxygens (including phenoxy) is 1. The Balaban J connectivity index is 2.10. The topological polar surface area (TPSA) is 93.8 Å². The van der Waals surface area contributed by atoms with Crippen molar-refractivity contribution in [3.63, 3.8) is 0 Å². The molecule has 1 amide bonds. The van der Waals surface area contributed by atoms with Crippen LogP contribution >= 0.6 is 22.6 Å². The first-order valence-corrected chi connectivity index (χ1v) is 7.50. The number of halogens is 1. The molecule has 118 valence electrons. The normalized spacial score (nSPS) is 10.5. The molecular weight excluding hydrogens is 413 g/mol. The van der Waals surface area contributed by atoms with E-state index in [9.17, 15) is 14.9 Å². The number of nitro benzene ring substituents is 1. The van der Waals surface area contributed by atoms with E-state index in [1.54, 1.807) is 24.3 Å². The first-order valence-electron chi connectivity index (χ1n) is 6.42. The van der Waals surface area contributed by atoms with Crippen LogP contribution < -0.4 is 10.2 Å². The summed E-state index contributed by atoms with van der Waals surface area (Å²) in [6, 6.07) is 11.4. The van der Waals surface area contributed by atoms with Crippen LogP contribution in [0.25, 0.3) is 0 Å². The minimum Gasteiger partial charge on any atom is -0.490 e. The molecule has 0 aliphatic heterocycles. The molecule has 0 aliphatic rings. The van der Waals surface area contributed by atoms with Crippen LogP contribution in [0.4, 0.5) is 5.69 Å². The standard InChI is InChI=1S/C15H12IN3O4/c1-23-14-6-5-10(7-13(14)19(21)22)9-17-18-15(20)11-3-2-4-12(16)8-11/h2-9H,1H3,(H,18,20)/b17-9+. The highest BCUT2D eigenvalue weighted by Crippen LogP contribution is 2.26. The molecule has 7 nitrogen and oxygen atoms in total. The minimum atomic E-state index is -0.541. The second-order valence-electron chi connectivity index (χ2n) is 4.40. The van der Waals surface area contributed by atoms with Gasteiger partial charge < -0.3 is 4.74 Å². The lowest BCUT2D eigenvalue weighted by atomic mass is 10.2. The van der Waals surface area contributed by atoms with Gasteiger partial charge in [0.25, 0.3) is 5.91 Å². The van der Waals surface area contributed by atoms with Gasteiger partial charge in [-0.3, -0.25) is 14.9 Å². The van der Waals surface area contributed by atoms with Crippen LogP contribution in [0.15, 0.2) is 47.6 Å². The monoisotopic (exact) mass is 425 g/mol. The molecule has 0 saturated carbocycles. The fourth-order valence-corrected chi connectivity index (χ4v) is 2.33. The highest BCUT2D eigenvalue weighted by atomic mass is 127. The molecule has 0 aliphatic carbocycles. The number of hydrogen-bond acceptors (Lipinski definition) is 5. The number of nitrogens with zero attached hydrogens (tertiary/aromatic N) is 2. The maximum absolute atomic E-state index is 11.9. The first-order chi connectivity index (χ1) is 11.0. The predicted octanol–water partition coefficient (Wildman–Crippen LogP) is 2.97. The van der Waals surface area contributed by atoms with E-state index in [4.69, 9.17) is 4.74 Å². The lowest BCUT2D eigenvalue weighted by Crippen LogP contribution is -2.17. The van der Waals surface area contributed by atoms with Gasteiger partial charge in [0.15, 0.2) is 5.75 Å². The van der Waals surface area contributed by atoms with Crippen LogP contribution in [-0.2, 0) is 0 Å². The molecule has 0 spiro atoms. The summed E-state index contributed by atoms with van der Waals surface area (Å²) in [5.74, 6) is -0.196. The summed E-state index contributed by atoms with van der Waals surface area (Å²) < 4.78 is 5.85. The van der Waals surface area contributed by atoms with E-state index in [1.807, 2.05) is 6.07 Å². The molecule has 2 aromatic carbocycles. The number of nitro groups is 1. The zero-order chi connectivity index (χ0) is 16.8. The lowest BCUT2D eigenvalue weighted by molar-refractivity contribution is -0.385. The molecule has 0 fully saturated rings. The molecule has 1 N–H and O–H groups in total. The molecule has 8 heteroatoms. The number of carbonyl (C=O) groups excluding carboxylic acids is 1. The highest BCUT2D eigenvalue weighted by Gasteiger charge is 2.14. The summed E-state index contributed by atoms with van der Waals surface area (Å²) in [6.07, 6.45) is 1.33. The summed E-state index contributed by atoms with van der Waals surface area (Å²) in [5, 5.41) is 14.8. The van der Waals surface area contributed by atoms with E-state index < -0.39 is 4.92 Å². The van der Waals surface area contributed by atoms with E-state index >= 15 is 0 Å². The molecule has 0 radical (unpaired) electrons. The zero-order valence-corrected chi connectivity index (χ0v) is 14.2. The van der Waals surface area contributed by atoms with Crippen molar-refractivity contribution in [2.45, 2.75) is 0 Å². The second kappa shape index (κ2) is 7.68. The van der Waals surface area contributed by atoms with Gasteiger partial charge in [-0.15, -0.1) is 0 Å². The van der Waals surface area contributed by atoms with Gasteiger partial charge in [0.1, 0.15) is 0 Å². The van der Waals surface area contributed by atoms with Crippen molar-refractivity contribution in [1.82, 2.24) is 5.43 Å². The Morgan fingerprint density at radius 2 is 2.13 bits per heavy atom. The van der Waals surface area contributed by atoms with Gasteiger partial charge in [-0.25, -0.2) is 5.43 Å². The maximum atomic E-state index is 11.9. The van der Waals surface area contributed by atoms with Gasteiger partial charge in [0.05, 0.1) is 18.2 Å². The molecule has 0 aromatic heterocycles.